The number of hydrogen-bond donors (Lipinski definition) is 2. The summed E-state index contributed by atoms with van der Waals surface area (Å²) < 4.78 is 10.7. The zero-order chi connectivity index (χ0) is 13.8. The van der Waals surface area contributed by atoms with Crippen molar-refractivity contribution in [1.29, 1.82) is 0 Å². The second-order valence-corrected chi connectivity index (χ2v) is 5.22. The van der Waals surface area contributed by atoms with Crippen LogP contribution < -0.4 is 20.5 Å². The summed E-state index contributed by atoms with van der Waals surface area (Å²) in [6.45, 7) is 2.07. The number of ether oxygens (including phenoxy) is 2. The maximum absolute atomic E-state index is 6.19. The molecule has 0 saturated heterocycles. The minimum Gasteiger partial charge on any atom is -0.493 e. The first kappa shape index (κ1) is 14.0. The van der Waals surface area contributed by atoms with E-state index < -0.39 is 0 Å². The number of methoxy groups -OCH3 is 2. The van der Waals surface area contributed by atoms with E-state index in [0.29, 0.717) is 6.04 Å². The average molecular weight is 264 g/mol. The van der Waals surface area contributed by atoms with Gasteiger partial charge in [0, 0.05) is 23.8 Å². The number of anilines is 1. The molecule has 0 aromatic heterocycles. The molecule has 1 saturated carbocycles. The molecule has 1 aromatic carbocycles. The van der Waals surface area contributed by atoms with Gasteiger partial charge < -0.3 is 20.5 Å². The van der Waals surface area contributed by atoms with Crippen LogP contribution in [0.25, 0.3) is 0 Å². The van der Waals surface area contributed by atoms with Crippen LogP contribution >= 0.6 is 0 Å². The van der Waals surface area contributed by atoms with E-state index in [1.54, 1.807) is 14.2 Å². The zero-order valence-electron chi connectivity index (χ0n) is 12.0. The van der Waals surface area contributed by atoms with Gasteiger partial charge in [-0.1, -0.05) is 12.8 Å². The maximum Gasteiger partial charge on any atom is 0.162 e. The lowest BCUT2D eigenvalue weighted by atomic mass is 9.90. The maximum atomic E-state index is 6.19. The lowest BCUT2D eigenvalue weighted by molar-refractivity contribution is 0.354. The fraction of sp³-hybridized carbons (Fsp3) is 0.600. The summed E-state index contributed by atoms with van der Waals surface area (Å²) >= 11 is 0. The first-order valence-corrected chi connectivity index (χ1v) is 6.90. The third kappa shape index (κ3) is 3.13. The molecule has 2 unspecified atom stereocenters. The second kappa shape index (κ2) is 6.15. The van der Waals surface area contributed by atoms with Gasteiger partial charge in [-0.15, -0.1) is 0 Å². The molecule has 2 rings (SSSR count). The molecule has 2 atom stereocenters. The number of aryl methyl sites for hydroxylation is 1. The fourth-order valence-corrected chi connectivity index (χ4v) is 2.67. The predicted molar refractivity (Wildman–Crippen MR) is 78.1 cm³/mol. The van der Waals surface area contributed by atoms with Crippen molar-refractivity contribution in [2.24, 2.45) is 5.73 Å². The highest BCUT2D eigenvalue weighted by Gasteiger charge is 2.22. The molecule has 19 heavy (non-hydrogen) atoms. The van der Waals surface area contributed by atoms with E-state index in [1.165, 1.54) is 12.8 Å². The van der Waals surface area contributed by atoms with Crippen LogP contribution in [-0.4, -0.2) is 26.3 Å². The molecular weight excluding hydrogens is 240 g/mol. The van der Waals surface area contributed by atoms with Gasteiger partial charge in [-0.3, -0.25) is 0 Å². The van der Waals surface area contributed by atoms with Crippen LogP contribution in [0.5, 0.6) is 11.5 Å². The Morgan fingerprint density at radius 1 is 1.11 bits per heavy atom. The van der Waals surface area contributed by atoms with Gasteiger partial charge in [0.15, 0.2) is 11.5 Å². The highest BCUT2D eigenvalue weighted by atomic mass is 16.5. The monoisotopic (exact) mass is 264 g/mol. The Balaban J connectivity index is 2.19. The zero-order valence-corrected chi connectivity index (χ0v) is 12.0. The molecule has 1 fully saturated rings. The Hall–Kier alpha value is -1.42. The van der Waals surface area contributed by atoms with Gasteiger partial charge in [0.2, 0.25) is 0 Å². The SMILES string of the molecule is COc1cc(C)c(NC2CCCCC2N)cc1OC. The van der Waals surface area contributed by atoms with Crippen LogP contribution in [0, 0.1) is 6.92 Å². The molecule has 0 amide bonds. The molecule has 0 radical (unpaired) electrons. The van der Waals surface area contributed by atoms with Crippen molar-refractivity contribution >= 4 is 5.69 Å². The summed E-state index contributed by atoms with van der Waals surface area (Å²) in [6, 6.07) is 4.58. The van der Waals surface area contributed by atoms with Crippen LogP contribution in [0.4, 0.5) is 5.69 Å². The molecule has 1 aliphatic rings. The number of hydrogen-bond acceptors (Lipinski definition) is 4. The van der Waals surface area contributed by atoms with E-state index in [2.05, 4.69) is 12.2 Å². The van der Waals surface area contributed by atoms with Crippen molar-refractivity contribution < 1.29 is 9.47 Å². The largest absolute Gasteiger partial charge is 0.493 e. The second-order valence-electron chi connectivity index (χ2n) is 5.22. The third-order valence-corrected chi connectivity index (χ3v) is 3.89. The molecule has 1 aromatic rings. The van der Waals surface area contributed by atoms with E-state index in [9.17, 15) is 0 Å². The van der Waals surface area contributed by atoms with Gasteiger partial charge >= 0.3 is 0 Å². The van der Waals surface area contributed by atoms with E-state index in [0.717, 1.165) is 35.6 Å². The van der Waals surface area contributed by atoms with Crippen LogP contribution in [-0.2, 0) is 0 Å². The van der Waals surface area contributed by atoms with Crippen LogP contribution in [0.3, 0.4) is 0 Å². The van der Waals surface area contributed by atoms with Crippen LogP contribution in [0.2, 0.25) is 0 Å². The summed E-state index contributed by atoms with van der Waals surface area (Å²) in [4.78, 5) is 0. The quantitative estimate of drug-likeness (QED) is 0.878. The minimum atomic E-state index is 0.237. The van der Waals surface area contributed by atoms with E-state index in [1.807, 2.05) is 12.1 Å². The molecular formula is C15H24N2O2. The van der Waals surface area contributed by atoms with Crippen molar-refractivity contribution in [2.75, 3.05) is 19.5 Å². The summed E-state index contributed by atoms with van der Waals surface area (Å²) in [7, 11) is 3.31. The third-order valence-electron chi connectivity index (χ3n) is 3.89. The van der Waals surface area contributed by atoms with Crippen molar-refractivity contribution in [1.82, 2.24) is 0 Å². The predicted octanol–water partition coefficient (Wildman–Crippen LogP) is 2.69. The molecule has 0 bridgehead atoms. The number of nitrogens with one attached hydrogen (secondary N) is 1. The lowest BCUT2D eigenvalue weighted by Gasteiger charge is -2.31. The van der Waals surface area contributed by atoms with E-state index in [-0.39, 0.29) is 6.04 Å². The molecule has 0 aliphatic heterocycles. The van der Waals surface area contributed by atoms with Crippen LogP contribution in [0.15, 0.2) is 12.1 Å². The molecule has 1 aliphatic carbocycles. The van der Waals surface area contributed by atoms with Crippen LogP contribution in [0.1, 0.15) is 31.2 Å². The van der Waals surface area contributed by atoms with Gasteiger partial charge in [0.05, 0.1) is 14.2 Å². The van der Waals surface area contributed by atoms with Gasteiger partial charge in [0.25, 0.3) is 0 Å². The van der Waals surface area contributed by atoms with Crippen molar-refractivity contribution in [3.8, 4) is 11.5 Å². The Bertz CT molecular complexity index is 434. The number of rotatable bonds is 4. The molecule has 3 N–H and O–H groups in total. The topological polar surface area (TPSA) is 56.5 Å². The molecule has 4 nitrogen and oxygen atoms in total. The molecule has 4 heteroatoms. The van der Waals surface area contributed by atoms with Gasteiger partial charge in [-0.2, -0.15) is 0 Å². The lowest BCUT2D eigenvalue weighted by Crippen LogP contribution is -2.42. The molecule has 106 valence electrons. The normalized spacial score (nSPS) is 22.9. The van der Waals surface area contributed by atoms with E-state index in [4.69, 9.17) is 15.2 Å². The Morgan fingerprint density at radius 3 is 2.37 bits per heavy atom. The smallest absolute Gasteiger partial charge is 0.162 e. The van der Waals surface area contributed by atoms with Gasteiger partial charge in [0.1, 0.15) is 0 Å². The Labute approximate surface area is 115 Å². The number of benzene rings is 1. The molecule has 0 heterocycles. The average Bonchev–Trinajstić information content (AvgIpc) is 2.42. The standard InChI is InChI=1S/C15H24N2O2/c1-10-8-14(18-2)15(19-3)9-13(10)17-12-7-5-4-6-11(12)16/h8-9,11-12,17H,4-7,16H2,1-3H3. The number of nitrogens with two attached hydrogens (primary N) is 1. The van der Waals surface area contributed by atoms with Gasteiger partial charge in [-0.25, -0.2) is 0 Å². The van der Waals surface area contributed by atoms with Crippen molar-refractivity contribution in [2.45, 2.75) is 44.7 Å². The summed E-state index contributed by atoms with van der Waals surface area (Å²) in [6.07, 6.45) is 4.72. The first-order chi connectivity index (χ1) is 9.15. The summed E-state index contributed by atoms with van der Waals surface area (Å²) in [5.74, 6) is 1.51. The van der Waals surface area contributed by atoms with Gasteiger partial charge in [-0.05, 0) is 31.4 Å². The Kier molecular flexibility index (Phi) is 4.53. The van der Waals surface area contributed by atoms with Crippen molar-refractivity contribution in [3.63, 3.8) is 0 Å². The highest BCUT2D eigenvalue weighted by molar-refractivity contribution is 5.60. The highest BCUT2D eigenvalue weighted by Crippen LogP contribution is 2.34. The molecule has 0 spiro atoms. The Morgan fingerprint density at radius 2 is 1.74 bits per heavy atom. The van der Waals surface area contributed by atoms with E-state index >= 15 is 0 Å². The fourth-order valence-electron chi connectivity index (χ4n) is 2.67. The summed E-state index contributed by atoms with van der Waals surface area (Å²) in [5.41, 5.74) is 8.42. The minimum absolute atomic E-state index is 0.237. The summed E-state index contributed by atoms with van der Waals surface area (Å²) in [5, 5.41) is 3.56. The first-order valence-electron chi connectivity index (χ1n) is 6.90. The van der Waals surface area contributed by atoms with Crippen molar-refractivity contribution in [3.05, 3.63) is 17.7 Å².